The molecule has 0 bridgehead atoms. The fourth-order valence-corrected chi connectivity index (χ4v) is 2.67. The standard InChI is InChI=1S/2C9H12N4O/c2*1-9(2,3)13-5-12-6-7(13)10-4-11-8(6)14/h2*4-5H,1-3H3,(H,10,11,14). The van der Waals surface area contributed by atoms with Crippen molar-refractivity contribution in [3.05, 3.63) is 46.0 Å². The zero-order chi connectivity index (χ0) is 20.7. The van der Waals surface area contributed by atoms with Crippen molar-refractivity contribution in [1.82, 2.24) is 39.0 Å². The van der Waals surface area contributed by atoms with Crippen LogP contribution in [0.4, 0.5) is 0 Å². The van der Waals surface area contributed by atoms with Crippen LogP contribution in [0.25, 0.3) is 22.3 Å². The molecule has 2 N–H and O–H groups in total. The molecule has 0 atom stereocenters. The van der Waals surface area contributed by atoms with E-state index in [1.165, 1.54) is 12.7 Å². The molecule has 10 nitrogen and oxygen atoms in total. The second-order valence-electron chi connectivity index (χ2n) is 8.38. The van der Waals surface area contributed by atoms with Crippen molar-refractivity contribution in [1.29, 1.82) is 0 Å². The van der Waals surface area contributed by atoms with Crippen LogP contribution in [-0.4, -0.2) is 39.0 Å². The van der Waals surface area contributed by atoms with E-state index >= 15 is 0 Å². The van der Waals surface area contributed by atoms with Gasteiger partial charge in [-0.25, -0.2) is 19.9 Å². The third-order valence-corrected chi connectivity index (χ3v) is 4.13. The summed E-state index contributed by atoms with van der Waals surface area (Å²) >= 11 is 0. The van der Waals surface area contributed by atoms with E-state index in [2.05, 4.69) is 29.9 Å². The average Bonchev–Trinajstić information content (AvgIpc) is 3.19. The number of nitrogens with one attached hydrogen (secondary N) is 2. The van der Waals surface area contributed by atoms with Gasteiger partial charge in [0.2, 0.25) is 0 Å². The van der Waals surface area contributed by atoms with Gasteiger partial charge in [0.1, 0.15) is 0 Å². The minimum atomic E-state index is -0.196. The lowest BCUT2D eigenvalue weighted by Crippen LogP contribution is -2.21. The Morgan fingerprint density at radius 2 is 1.04 bits per heavy atom. The number of hydrogen-bond donors (Lipinski definition) is 2. The molecular formula is C18H24N8O2. The summed E-state index contributed by atoms with van der Waals surface area (Å²) in [6, 6.07) is 0. The Morgan fingerprint density at radius 3 is 1.36 bits per heavy atom. The largest absolute Gasteiger partial charge is 0.311 e. The fourth-order valence-electron chi connectivity index (χ4n) is 2.67. The van der Waals surface area contributed by atoms with Crippen molar-refractivity contribution >= 4 is 22.3 Å². The molecule has 0 aliphatic carbocycles. The number of hydrogen-bond acceptors (Lipinski definition) is 6. The summed E-state index contributed by atoms with van der Waals surface area (Å²) in [5, 5.41) is 0. The molecule has 148 valence electrons. The van der Waals surface area contributed by atoms with Crippen molar-refractivity contribution in [3.63, 3.8) is 0 Å². The number of nitrogens with zero attached hydrogens (tertiary/aromatic N) is 6. The molecule has 10 heteroatoms. The second-order valence-corrected chi connectivity index (χ2v) is 8.38. The van der Waals surface area contributed by atoms with Crippen LogP contribution in [0.2, 0.25) is 0 Å². The lowest BCUT2D eigenvalue weighted by molar-refractivity contribution is 0.405. The Bertz CT molecular complexity index is 1130. The molecule has 4 rings (SSSR count). The van der Waals surface area contributed by atoms with E-state index in [-0.39, 0.29) is 22.2 Å². The minimum Gasteiger partial charge on any atom is -0.311 e. The lowest BCUT2D eigenvalue weighted by Gasteiger charge is -2.20. The van der Waals surface area contributed by atoms with Crippen LogP contribution in [0.15, 0.2) is 34.9 Å². The van der Waals surface area contributed by atoms with Crippen molar-refractivity contribution < 1.29 is 0 Å². The number of aromatic nitrogens is 8. The molecule has 0 aliphatic rings. The van der Waals surface area contributed by atoms with Crippen molar-refractivity contribution in [3.8, 4) is 0 Å². The van der Waals surface area contributed by atoms with Gasteiger partial charge in [0.25, 0.3) is 11.1 Å². The van der Waals surface area contributed by atoms with Gasteiger partial charge in [0.15, 0.2) is 22.3 Å². The van der Waals surface area contributed by atoms with Crippen LogP contribution in [0.1, 0.15) is 41.5 Å². The molecular weight excluding hydrogens is 360 g/mol. The summed E-state index contributed by atoms with van der Waals surface area (Å²) in [6.45, 7) is 12.2. The van der Waals surface area contributed by atoms with Crippen LogP contribution in [-0.2, 0) is 11.1 Å². The summed E-state index contributed by atoms with van der Waals surface area (Å²) < 4.78 is 3.77. The summed E-state index contributed by atoms with van der Waals surface area (Å²) in [5.41, 5.74) is 1.41. The topological polar surface area (TPSA) is 127 Å². The molecule has 0 saturated heterocycles. The number of rotatable bonds is 0. The fraction of sp³-hybridized carbons (Fsp3) is 0.444. The first-order valence-electron chi connectivity index (χ1n) is 8.82. The molecule has 0 radical (unpaired) electrons. The summed E-state index contributed by atoms with van der Waals surface area (Å²) in [7, 11) is 0. The number of fused-ring (bicyclic) bond motifs is 2. The van der Waals surface area contributed by atoms with Crippen LogP contribution in [0, 0.1) is 0 Å². The molecule has 28 heavy (non-hydrogen) atoms. The molecule has 0 spiro atoms. The molecule has 4 aromatic heterocycles. The van der Waals surface area contributed by atoms with Gasteiger partial charge < -0.3 is 19.1 Å². The van der Waals surface area contributed by atoms with Crippen molar-refractivity contribution in [2.75, 3.05) is 0 Å². The first-order chi connectivity index (χ1) is 13.0. The number of imidazole rings is 2. The monoisotopic (exact) mass is 384 g/mol. The van der Waals surface area contributed by atoms with Gasteiger partial charge in [-0.05, 0) is 41.5 Å². The molecule has 0 aromatic carbocycles. The van der Waals surface area contributed by atoms with Crippen LogP contribution in [0.5, 0.6) is 0 Å². The maximum Gasteiger partial charge on any atom is 0.278 e. The molecule has 4 aromatic rings. The van der Waals surface area contributed by atoms with Crippen LogP contribution in [0.3, 0.4) is 0 Å². The van der Waals surface area contributed by atoms with Gasteiger partial charge in [-0.1, -0.05) is 0 Å². The highest BCUT2D eigenvalue weighted by Gasteiger charge is 2.18. The maximum absolute atomic E-state index is 11.3. The predicted molar refractivity (Wildman–Crippen MR) is 106 cm³/mol. The van der Waals surface area contributed by atoms with E-state index < -0.39 is 0 Å². The van der Waals surface area contributed by atoms with E-state index in [1.807, 2.05) is 50.7 Å². The molecule has 0 amide bonds. The van der Waals surface area contributed by atoms with E-state index in [9.17, 15) is 9.59 Å². The summed E-state index contributed by atoms with van der Waals surface area (Å²) in [5.74, 6) is 0. The van der Waals surface area contributed by atoms with Gasteiger partial charge >= 0.3 is 0 Å². The Kier molecular flexibility index (Phi) is 4.66. The van der Waals surface area contributed by atoms with E-state index in [0.29, 0.717) is 22.3 Å². The van der Waals surface area contributed by atoms with Gasteiger partial charge in [-0.3, -0.25) is 9.59 Å². The molecule has 0 aliphatic heterocycles. The van der Waals surface area contributed by atoms with E-state index in [1.54, 1.807) is 12.7 Å². The van der Waals surface area contributed by atoms with Crippen molar-refractivity contribution in [2.24, 2.45) is 0 Å². The maximum atomic E-state index is 11.3. The zero-order valence-corrected chi connectivity index (χ0v) is 16.8. The van der Waals surface area contributed by atoms with E-state index in [4.69, 9.17) is 0 Å². The molecule has 0 fully saturated rings. The highest BCUT2D eigenvalue weighted by molar-refractivity contribution is 5.69. The van der Waals surface area contributed by atoms with Crippen molar-refractivity contribution in [2.45, 2.75) is 52.6 Å². The zero-order valence-electron chi connectivity index (χ0n) is 16.8. The smallest absolute Gasteiger partial charge is 0.278 e. The van der Waals surface area contributed by atoms with Gasteiger partial charge in [-0.2, -0.15) is 0 Å². The van der Waals surface area contributed by atoms with Gasteiger partial charge in [0, 0.05) is 11.1 Å². The van der Waals surface area contributed by atoms with Gasteiger partial charge in [0.05, 0.1) is 25.3 Å². The molecule has 0 saturated carbocycles. The molecule has 4 heterocycles. The Balaban J connectivity index is 0.000000161. The first kappa shape index (κ1) is 19.5. The lowest BCUT2D eigenvalue weighted by atomic mass is 10.1. The highest BCUT2D eigenvalue weighted by atomic mass is 16.1. The first-order valence-corrected chi connectivity index (χ1v) is 8.82. The summed E-state index contributed by atoms with van der Waals surface area (Å²) in [6.07, 6.45) is 6.09. The normalized spacial score (nSPS) is 12.2. The minimum absolute atomic E-state index is 0.116. The third-order valence-electron chi connectivity index (χ3n) is 4.13. The van der Waals surface area contributed by atoms with E-state index in [0.717, 1.165) is 0 Å². The predicted octanol–water partition coefficient (Wildman–Crippen LogP) is 1.75. The quantitative estimate of drug-likeness (QED) is 0.475. The van der Waals surface area contributed by atoms with Crippen LogP contribution >= 0.6 is 0 Å². The van der Waals surface area contributed by atoms with Crippen LogP contribution < -0.4 is 11.1 Å². The van der Waals surface area contributed by atoms with Gasteiger partial charge in [-0.15, -0.1) is 0 Å². The molecule has 0 unspecified atom stereocenters. The second kappa shape index (κ2) is 6.70. The third kappa shape index (κ3) is 3.57. The number of aromatic amines is 2. The highest BCUT2D eigenvalue weighted by Crippen LogP contribution is 2.18. The average molecular weight is 384 g/mol. The Morgan fingerprint density at radius 1 is 0.679 bits per heavy atom. The summed E-state index contributed by atoms with van der Waals surface area (Å²) in [4.78, 5) is 44.0. The SMILES string of the molecule is CC(C)(C)n1cnc2c(=O)[nH]cnc21.CC(C)(C)n1cnc2c(=O)[nH]cnc21. The number of H-pyrrole nitrogens is 2. The Hall–Kier alpha value is -3.30. The Labute approximate surface area is 160 Å².